The molecule has 44 heavy (non-hydrogen) atoms. The Balaban J connectivity index is 1.41. The lowest BCUT2D eigenvalue weighted by atomic mass is 9.94. The van der Waals surface area contributed by atoms with Crippen LogP contribution in [0, 0.1) is 35.1 Å². The summed E-state index contributed by atoms with van der Waals surface area (Å²) in [7, 11) is 0. The largest absolute Gasteiger partial charge is 0.479 e. The van der Waals surface area contributed by atoms with Crippen LogP contribution in [0.2, 0.25) is 0 Å². The Morgan fingerprint density at radius 3 is 2.23 bits per heavy atom. The smallest absolute Gasteiger partial charge is 0.308 e. The molecule has 1 aliphatic heterocycles. The predicted octanol–water partition coefficient (Wildman–Crippen LogP) is 4.97. The molecule has 2 amide bonds. The van der Waals surface area contributed by atoms with Crippen LogP contribution in [0.1, 0.15) is 43.5 Å². The number of nitrogens with zero attached hydrogens (tertiary/aromatic N) is 1. The van der Waals surface area contributed by atoms with E-state index in [0.29, 0.717) is 5.56 Å². The number of nitrogens with one attached hydrogen (secondary N) is 1. The lowest BCUT2D eigenvalue weighted by molar-refractivity contribution is -0.147. The molecule has 1 atom stereocenters. The zero-order valence-corrected chi connectivity index (χ0v) is 24.2. The van der Waals surface area contributed by atoms with E-state index in [-0.39, 0.29) is 50.4 Å². The zero-order valence-electron chi connectivity index (χ0n) is 24.2. The minimum absolute atomic E-state index is 0.00593. The molecule has 1 heterocycles. The molecule has 234 valence electrons. The van der Waals surface area contributed by atoms with Gasteiger partial charge in [-0.2, -0.15) is 8.78 Å². The molecule has 0 radical (unpaired) electrons. The lowest BCUT2D eigenvalue weighted by Gasteiger charge is -2.32. The second-order valence-electron chi connectivity index (χ2n) is 11.0. The van der Waals surface area contributed by atoms with Gasteiger partial charge < -0.3 is 19.7 Å². The fourth-order valence-electron chi connectivity index (χ4n) is 4.87. The number of hydrogen-bond acceptors (Lipinski definition) is 6. The normalized spacial score (nSPS) is 14.4. The molecule has 3 aromatic carbocycles. The summed E-state index contributed by atoms with van der Waals surface area (Å²) in [6.45, 7) is 3.07. The number of amides is 2. The zero-order chi connectivity index (χ0) is 32.0. The molecule has 0 aliphatic carbocycles. The van der Waals surface area contributed by atoms with Gasteiger partial charge in [0.1, 0.15) is 12.6 Å². The molecule has 0 saturated carbocycles. The summed E-state index contributed by atoms with van der Waals surface area (Å²) in [5.74, 6) is -11.7. The highest BCUT2D eigenvalue weighted by atomic mass is 19.2. The first kappa shape index (κ1) is 32.4. The van der Waals surface area contributed by atoms with Crippen molar-refractivity contribution in [2.45, 2.75) is 39.2 Å². The van der Waals surface area contributed by atoms with Crippen LogP contribution < -0.4 is 10.1 Å². The SMILES string of the molecule is CC(C)COC(=O)CC(NC(=O)C1CCN(C(=O)c2cccc3ccccc23)CC1)C(=O)COc1c(F)c(F)cc(F)c1F. The number of piperidine rings is 1. The highest BCUT2D eigenvalue weighted by Gasteiger charge is 2.33. The van der Waals surface area contributed by atoms with Crippen molar-refractivity contribution >= 4 is 34.3 Å². The minimum atomic E-state index is -1.83. The van der Waals surface area contributed by atoms with E-state index in [2.05, 4.69) is 5.32 Å². The third kappa shape index (κ3) is 7.72. The third-order valence-corrected chi connectivity index (χ3v) is 7.26. The van der Waals surface area contributed by atoms with Crippen molar-refractivity contribution in [3.8, 4) is 5.75 Å². The Morgan fingerprint density at radius 1 is 0.932 bits per heavy atom. The molecule has 12 heteroatoms. The average Bonchev–Trinajstić information content (AvgIpc) is 3.01. The minimum Gasteiger partial charge on any atom is -0.479 e. The van der Waals surface area contributed by atoms with Crippen LogP contribution in [0.15, 0.2) is 48.5 Å². The van der Waals surface area contributed by atoms with Crippen LogP contribution in [0.5, 0.6) is 5.75 Å². The van der Waals surface area contributed by atoms with E-state index in [1.807, 2.05) is 30.3 Å². The first-order valence-corrected chi connectivity index (χ1v) is 14.2. The van der Waals surface area contributed by atoms with Gasteiger partial charge in [0.15, 0.2) is 23.2 Å². The van der Waals surface area contributed by atoms with Gasteiger partial charge in [-0.25, -0.2) is 8.78 Å². The number of carbonyl (C=O) groups is 4. The first-order valence-electron chi connectivity index (χ1n) is 14.2. The molecule has 0 bridgehead atoms. The van der Waals surface area contributed by atoms with Crippen molar-refractivity contribution in [2.75, 3.05) is 26.3 Å². The fourth-order valence-corrected chi connectivity index (χ4v) is 4.87. The maximum Gasteiger partial charge on any atom is 0.308 e. The Morgan fingerprint density at radius 2 is 1.57 bits per heavy atom. The first-order chi connectivity index (χ1) is 21.0. The topological polar surface area (TPSA) is 102 Å². The number of esters is 1. The number of rotatable bonds is 11. The van der Waals surface area contributed by atoms with Gasteiger partial charge in [0, 0.05) is 30.6 Å². The lowest BCUT2D eigenvalue weighted by Crippen LogP contribution is -2.49. The Hall–Kier alpha value is -4.48. The Labute approximate surface area is 251 Å². The number of halogens is 4. The molecule has 8 nitrogen and oxygen atoms in total. The summed E-state index contributed by atoms with van der Waals surface area (Å²) < 4.78 is 65.0. The van der Waals surface area contributed by atoms with Gasteiger partial charge in [0.25, 0.3) is 5.91 Å². The van der Waals surface area contributed by atoms with Gasteiger partial charge >= 0.3 is 5.97 Å². The number of carbonyl (C=O) groups excluding carboxylic acids is 4. The second kappa shape index (κ2) is 14.3. The van der Waals surface area contributed by atoms with Gasteiger partial charge in [-0.05, 0) is 35.6 Å². The molecule has 1 unspecified atom stereocenters. The van der Waals surface area contributed by atoms with E-state index in [4.69, 9.17) is 9.47 Å². The number of ether oxygens (including phenoxy) is 2. The molecule has 4 rings (SSSR count). The van der Waals surface area contributed by atoms with Crippen LogP contribution in [0.25, 0.3) is 10.8 Å². The number of Topliss-reactive ketones (excluding diaryl/α,β-unsaturated/α-hetero) is 1. The van der Waals surface area contributed by atoms with Gasteiger partial charge in [0.2, 0.25) is 17.5 Å². The number of fused-ring (bicyclic) bond motifs is 1. The van der Waals surface area contributed by atoms with Crippen molar-refractivity contribution in [3.63, 3.8) is 0 Å². The summed E-state index contributed by atoms with van der Waals surface area (Å²) in [6, 6.07) is 11.4. The molecule has 0 aromatic heterocycles. The van der Waals surface area contributed by atoms with E-state index in [1.165, 1.54) is 0 Å². The van der Waals surface area contributed by atoms with Gasteiger partial charge in [-0.1, -0.05) is 50.2 Å². The fraction of sp³-hybridized carbons (Fsp3) is 0.375. The van der Waals surface area contributed by atoms with Gasteiger partial charge in [-0.3, -0.25) is 19.2 Å². The number of likely N-dealkylation sites (tertiary alicyclic amines) is 1. The van der Waals surface area contributed by atoms with Crippen molar-refractivity contribution in [1.29, 1.82) is 0 Å². The monoisotopic (exact) mass is 616 g/mol. The highest BCUT2D eigenvalue weighted by Crippen LogP contribution is 2.27. The van der Waals surface area contributed by atoms with Crippen LogP contribution in [-0.4, -0.2) is 60.8 Å². The Bertz CT molecular complexity index is 1520. The molecular formula is C32H32F4N2O6. The van der Waals surface area contributed by atoms with Crippen LogP contribution in [-0.2, 0) is 19.1 Å². The molecule has 3 aromatic rings. The highest BCUT2D eigenvalue weighted by molar-refractivity contribution is 6.07. The van der Waals surface area contributed by atoms with E-state index in [9.17, 15) is 36.7 Å². The van der Waals surface area contributed by atoms with Crippen molar-refractivity contribution < 1.29 is 46.2 Å². The summed E-state index contributed by atoms with van der Waals surface area (Å²) in [4.78, 5) is 53.5. The molecule has 1 fully saturated rings. The molecular weight excluding hydrogens is 584 g/mol. The quantitative estimate of drug-likeness (QED) is 0.186. The summed E-state index contributed by atoms with van der Waals surface area (Å²) in [5.41, 5.74) is 0.544. The number of ketones is 1. The van der Waals surface area contributed by atoms with E-state index in [0.717, 1.165) is 10.8 Å². The molecule has 0 spiro atoms. The summed E-state index contributed by atoms with van der Waals surface area (Å²) in [5, 5.41) is 4.22. The standard InChI is InChI=1S/C32H32F4N2O6/c1-18(2)16-43-27(40)15-25(26(39)17-44-30-28(35)23(33)14-24(34)29(30)36)37-31(41)20-10-12-38(13-11-20)32(42)22-9-5-7-19-6-3-4-8-21(19)22/h3-9,14,18,20,25H,10-13,15-17H2,1-2H3,(H,37,41). The van der Waals surface area contributed by atoms with E-state index in [1.54, 1.807) is 30.9 Å². The molecule has 1 N–H and O–H groups in total. The molecule has 1 saturated heterocycles. The summed E-state index contributed by atoms with van der Waals surface area (Å²) in [6.07, 6.45) is -0.0609. The third-order valence-electron chi connectivity index (χ3n) is 7.26. The number of benzene rings is 3. The summed E-state index contributed by atoms with van der Waals surface area (Å²) >= 11 is 0. The maximum absolute atomic E-state index is 14.0. The van der Waals surface area contributed by atoms with Crippen molar-refractivity contribution in [2.24, 2.45) is 11.8 Å². The van der Waals surface area contributed by atoms with Crippen LogP contribution in [0.4, 0.5) is 17.6 Å². The van der Waals surface area contributed by atoms with Crippen molar-refractivity contribution in [3.05, 3.63) is 77.4 Å². The van der Waals surface area contributed by atoms with Gasteiger partial charge in [0.05, 0.1) is 13.0 Å². The number of hydrogen-bond donors (Lipinski definition) is 1. The Kier molecular flexibility index (Phi) is 10.6. The maximum atomic E-state index is 14.0. The van der Waals surface area contributed by atoms with E-state index >= 15 is 0 Å². The van der Waals surface area contributed by atoms with Crippen molar-refractivity contribution in [1.82, 2.24) is 10.2 Å². The second-order valence-corrected chi connectivity index (χ2v) is 11.0. The van der Waals surface area contributed by atoms with Crippen LogP contribution >= 0.6 is 0 Å². The van der Waals surface area contributed by atoms with Gasteiger partial charge in [-0.15, -0.1) is 0 Å². The predicted molar refractivity (Wildman–Crippen MR) is 152 cm³/mol. The molecule has 1 aliphatic rings. The van der Waals surface area contributed by atoms with Crippen LogP contribution in [0.3, 0.4) is 0 Å². The average molecular weight is 617 g/mol. The van der Waals surface area contributed by atoms with E-state index < -0.39 is 71.7 Å².